The van der Waals surface area contributed by atoms with Crippen molar-refractivity contribution in [2.75, 3.05) is 5.73 Å². The Balaban J connectivity index is 1.83. The molecule has 6 nitrogen and oxygen atoms in total. The first-order valence-corrected chi connectivity index (χ1v) is 7.27. The molecule has 6 heteroatoms. The summed E-state index contributed by atoms with van der Waals surface area (Å²) in [5.74, 6) is 1.53. The number of furan rings is 1. The minimum atomic E-state index is -0.115. The summed E-state index contributed by atoms with van der Waals surface area (Å²) in [5.41, 5.74) is 6.69. The molecule has 0 bridgehead atoms. The Labute approximate surface area is 123 Å². The van der Waals surface area contributed by atoms with Crippen molar-refractivity contribution in [3.8, 4) is 0 Å². The van der Waals surface area contributed by atoms with Crippen LogP contribution >= 0.6 is 0 Å². The standard InChI is InChI=1S/C15H20N4O2/c1-3-18-9-13(16)14(17-18)15(20)19(11-5-6-11)8-12-7-4-10(2)21-12/h4,7,9,11H,3,5-6,8,16H2,1-2H3. The topological polar surface area (TPSA) is 77.3 Å². The number of nitrogen functional groups attached to an aromatic ring is 1. The van der Waals surface area contributed by atoms with E-state index in [1.807, 2.05) is 30.9 Å². The fraction of sp³-hybridized carbons (Fsp3) is 0.467. The van der Waals surface area contributed by atoms with Crippen molar-refractivity contribution < 1.29 is 9.21 Å². The smallest absolute Gasteiger partial charge is 0.277 e. The van der Waals surface area contributed by atoms with Gasteiger partial charge in [0.25, 0.3) is 5.91 Å². The Bertz CT molecular complexity index is 654. The van der Waals surface area contributed by atoms with E-state index in [2.05, 4.69) is 5.10 Å². The molecule has 1 aliphatic carbocycles. The van der Waals surface area contributed by atoms with E-state index in [1.54, 1.807) is 10.9 Å². The number of nitrogens with two attached hydrogens (primary N) is 1. The van der Waals surface area contributed by atoms with E-state index in [0.29, 0.717) is 24.5 Å². The lowest BCUT2D eigenvalue weighted by atomic mass is 10.3. The molecule has 2 aromatic rings. The molecule has 2 aromatic heterocycles. The van der Waals surface area contributed by atoms with E-state index in [0.717, 1.165) is 24.4 Å². The van der Waals surface area contributed by atoms with Gasteiger partial charge in [0.05, 0.1) is 12.2 Å². The van der Waals surface area contributed by atoms with Crippen LogP contribution in [0.5, 0.6) is 0 Å². The molecule has 0 unspecified atom stereocenters. The molecular weight excluding hydrogens is 268 g/mol. The van der Waals surface area contributed by atoms with Crippen molar-refractivity contribution >= 4 is 11.6 Å². The number of anilines is 1. The first-order valence-electron chi connectivity index (χ1n) is 7.27. The Morgan fingerprint density at radius 2 is 2.29 bits per heavy atom. The zero-order valence-corrected chi connectivity index (χ0v) is 12.4. The summed E-state index contributed by atoms with van der Waals surface area (Å²) in [7, 11) is 0. The number of hydrogen-bond acceptors (Lipinski definition) is 4. The van der Waals surface area contributed by atoms with Gasteiger partial charge in [0.1, 0.15) is 11.5 Å². The van der Waals surface area contributed by atoms with Gasteiger partial charge in [0.2, 0.25) is 0 Å². The summed E-state index contributed by atoms with van der Waals surface area (Å²) in [6.07, 6.45) is 3.76. The molecule has 0 atom stereocenters. The van der Waals surface area contributed by atoms with E-state index in [4.69, 9.17) is 10.2 Å². The van der Waals surface area contributed by atoms with Gasteiger partial charge >= 0.3 is 0 Å². The minimum Gasteiger partial charge on any atom is -0.464 e. The molecule has 1 saturated carbocycles. The highest BCUT2D eigenvalue weighted by molar-refractivity contribution is 5.97. The molecule has 0 aromatic carbocycles. The van der Waals surface area contributed by atoms with Crippen molar-refractivity contribution in [2.24, 2.45) is 0 Å². The van der Waals surface area contributed by atoms with Gasteiger partial charge < -0.3 is 15.1 Å². The van der Waals surface area contributed by atoms with Crippen LogP contribution in [0, 0.1) is 6.92 Å². The zero-order chi connectivity index (χ0) is 15.0. The maximum atomic E-state index is 12.7. The van der Waals surface area contributed by atoms with E-state index >= 15 is 0 Å². The van der Waals surface area contributed by atoms with Gasteiger partial charge in [0, 0.05) is 18.8 Å². The fourth-order valence-electron chi connectivity index (χ4n) is 2.39. The Morgan fingerprint density at radius 1 is 1.52 bits per heavy atom. The third kappa shape index (κ3) is 2.79. The van der Waals surface area contributed by atoms with Gasteiger partial charge in [-0.25, -0.2) is 0 Å². The van der Waals surface area contributed by atoms with Crippen LogP contribution in [0.2, 0.25) is 0 Å². The first-order chi connectivity index (χ1) is 10.1. The van der Waals surface area contributed by atoms with Crippen molar-refractivity contribution in [1.82, 2.24) is 14.7 Å². The molecule has 0 saturated heterocycles. The molecule has 0 spiro atoms. The van der Waals surface area contributed by atoms with Crippen LogP contribution in [0.4, 0.5) is 5.69 Å². The highest BCUT2D eigenvalue weighted by Gasteiger charge is 2.35. The number of carbonyl (C=O) groups is 1. The molecule has 3 rings (SSSR count). The summed E-state index contributed by atoms with van der Waals surface area (Å²) in [5, 5.41) is 4.28. The van der Waals surface area contributed by atoms with Crippen LogP contribution in [0.25, 0.3) is 0 Å². The molecule has 2 N–H and O–H groups in total. The SMILES string of the molecule is CCn1cc(N)c(C(=O)N(Cc2ccc(C)o2)C2CC2)n1. The summed E-state index contributed by atoms with van der Waals surface area (Å²) < 4.78 is 7.27. The Morgan fingerprint density at radius 3 is 2.81 bits per heavy atom. The molecule has 21 heavy (non-hydrogen) atoms. The van der Waals surface area contributed by atoms with Gasteiger partial charge in [-0.05, 0) is 38.8 Å². The third-order valence-corrected chi connectivity index (χ3v) is 3.69. The second-order valence-electron chi connectivity index (χ2n) is 5.47. The minimum absolute atomic E-state index is 0.115. The quantitative estimate of drug-likeness (QED) is 0.915. The number of aromatic nitrogens is 2. The second kappa shape index (κ2) is 5.27. The lowest BCUT2D eigenvalue weighted by Crippen LogP contribution is -2.33. The van der Waals surface area contributed by atoms with Crippen molar-refractivity contribution in [1.29, 1.82) is 0 Å². The number of nitrogens with zero attached hydrogens (tertiary/aromatic N) is 3. The highest BCUT2D eigenvalue weighted by atomic mass is 16.3. The monoisotopic (exact) mass is 288 g/mol. The van der Waals surface area contributed by atoms with E-state index in [-0.39, 0.29) is 11.9 Å². The van der Waals surface area contributed by atoms with Crippen LogP contribution < -0.4 is 5.73 Å². The maximum Gasteiger partial charge on any atom is 0.277 e. The average molecular weight is 288 g/mol. The van der Waals surface area contributed by atoms with E-state index in [9.17, 15) is 4.79 Å². The van der Waals surface area contributed by atoms with E-state index < -0.39 is 0 Å². The van der Waals surface area contributed by atoms with E-state index in [1.165, 1.54) is 0 Å². The van der Waals surface area contributed by atoms with Crippen LogP contribution in [-0.4, -0.2) is 26.6 Å². The zero-order valence-electron chi connectivity index (χ0n) is 12.4. The van der Waals surface area contributed by atoms with Crippen molar-refractivity contribution in [3.05, 3.63) is 35.5 Å². The first kappa shape index (κ1) is 13.7. The van der Waals surface area contributed by atoms with Crippen LogP contribution in [-0.2, 0) is 13.1 Å². The van der Waals surface area contributed by atoms with Gasteiger partial charge in [-0.2, -0.15) is 5.10 Å². The normalized spacial score (nSPS) is 14.4. The third-order valence-electron chi connectivity index (χ3n) is 3.69. The molecule has 112 valence electrons. The number of hydrogen-bond donors (Lipinski definition) is 1. The fourth-order valence-corrected chi connectivity index (χ4v) is 2.39. The van der Waals surface area contributed by atoms with Crippen LogP contribution in [0.3, 0.4) is 0 Å². The molecule has 1 amide bonds. The van der Waals surface area contributed by atoms with Crippen molar-refractivity contribution in [2.45, 2.75) is 45.8 Å². The summed E-state index contributed by atoms with van der Waals surface area (Å²) in [6, 6.07) is 4.09. The predicted molar refractivity (Wildman–Crippen MR) is 78.7 cm³/mol. The number of carbonyl (C=O) groups excluding carboxylic acids is 1. The second-order valence-corrected chi connectivity index (χ2v) is 5.47. The maximum absolute atomic E-state index is 12.7. The van der Waals surface area contributed by atoms with Gasteiger partial charge in [0.15, 0.2) is 5.69 Å². The van der Waals surface area contributed by atoms with Crippen LogP contribution in [0.15, 0.2) is 22.7 Å². The van der Waals surface area contributed by atoms with Crippen LogP contribution in [0.1, 0.15) is 41.8 Å². The molecule has 2 heterocycles. The molecular formula is C15H20N4O2. The summed E-state index contributed by atoms with van der Waals surface area (Å²) in [4.78, 5) is 14.5. The molecule has 0 aliphatic heterocycles. The molecule has 1 fully saturated rings. The molecule has 0 radical (unpaired) electrons. The number of rotatable bonds is 5. The summed E-state index contributed by atoms with van der Waals surface area (Å²) >= 11 is 0. The lowest BCUT2D eigenvalue weighted by molar-refractivity contribution is 0.0711. The van der Waals surface area contributed by atoms with Gasteiger partial charge in [-0.1, -0.05) is 0 Å². The van der Waals surface area contributed by atoms with Gasteiger partial charge in [-0.15, -0.1) is 0 Å². The van der Waals surface area contributed by atoms with Crippen molar-refractivity contribution in [3.63, 3.8) is 0 Å². The Kier molecular flexibility index (Phi) is 3.45. The summed E-state index contributed by atoms with van der Waals surface area (Å²) in [6.45, 7) is 5.02. The number of amides is 1. The predicted octanol–water partition coefficient (Wildman–Crippen LogP) is 2.19. The Hall–Kier alpha value is -2.24. The largest absolute Gasteiger partial charge is 0.464 e. The molecule has 1 aliphatic rings. The average Bonchev–Trinajstić information content (AvgIpc) is 3.11. The number of aryl methyl sites for hydroxylation is 2. The highest BCUT2D eigenvalue weighted by Crippen LogP contribution is 2.30. The van der Waals surface area contributed by atoms with Gasteiger partial charge in [-0.3, -0.25) is 9.48 Å². The lowest BCUT2D eigenvalue weighted by Gasteiger charge is -2.20.